The SMILES string of the molecule is Cn1nccc1-c1cc(N)c2cc(Br)ccc2n1. The van der Waals surface area contributed by atoms with Crippen LogP contribution in [0.25, 0.3) is 22.3 Å². The first-order valence-corrected chi connectivity index (χ1v) is 6.28. The number of nitrogen functional groups attached to an aromatic ring is 1. The number of aromatic nitrogens is 3. The van der Waals surface area contributed by atoms with Gasteiger partial charge in [-0.2, -0.15) is 5.10 Å². The van der Waals surface area contributed by atoms with E-state index in [0.717, 1.165) is 32.5 Å². The van der Waals surface area contributed by atoms with Crippen molar-refractivity contribution in [1.29, 1.82) is 0 Å². The van der Waals surface area contributed by atoms with Crippen LogP contribution in [0.1, 0.15) is 0 Å². The first kappa shape index (κ1) is 11.2. The smallest absolute Gasteiger partial charge is 0.0911 e. The third-order valence-corrected chi connectivity index (χ3v) is 3.38. The molecule has 5 heteroatoms. The van der Waals surface area contributed by atoms with Crippen LogP contribution in [0.5, 0.6) is 0 Å². The topological polar surface area (TPSA) is 56.7 Å². The van der Waals surface area contributed by atoms with Crippen molar-refractivity contribution in [2.24, 2.45) is 7.05 Å². The third kappa shape index (κ3) is 1.76. The average Bonchev–Trinajstić information content (AvgIpc) is 2.76. The summed E-state index contributed by atoms with van der Waals surface area (Å²) in [5.74, 6) is 0. The van der Waals surface area contributed by atoms with Crippen molar-refractivity contribution in [3.8, 4) is 11.4 Å². The van der Waals surface area contributed by atoms with E-state index in [1.54, 1.807) is 10.9 Å². The normalized spacial score (nSPS) is 11.0. The minimum Gasteiger partial charge on any atom is -0.398 e. The molecule has 0 radical (unpaired) electrons. The van der Waals surface area contributed by atoms with Crippen LogP contribution in [0.4, 0.5) is 5.69 Å². The first-order valence-electron chi connectivity index (χ1n) is 5.49. The lowest BCUT2D eigenvalue weighted by atomic mass is 10.1. The maximum absolute atomic E-state index is 6.09. The van der Waals surface area contributed by atoms with Gasteiger partial charge in [0.2, 0.25) is 0 Å². The van der Waals surface area contributed by atoms with E-state index in [2.05, 4.69) is 26.0 Å². The van der Waals surface area contributed by atoms with Crippen molar-refractivity contribution in [2.75, 3.05) is 5.73 Å². The minimum absolute atomic E-state index is 0.720. The zero-order valence-corrected chi connectivity index (χ0v) is 11.3. The fraction of sp³-hybridized carbons (Fsp3) is 0.0769. The van der Waals surface area contributed by atoms with Crippen molar-refractivity contribution in [3.63, 3.8) is 0 Å². The Kier molecular flexibility index (Phi) is 2.56. The molecule has 0 spiro atoms. The quantitative estimate of drug-likeness (QED) is 0.752. The van der Waals surface area contributed by atoms with Crippen molar-refractivity contribution in [1.82, 2.24) is 14.8 Å². The van der Waals surface area contributed by atoms with Gasteiger partial charge in [-0.05, 0) is 30.3 Å². The standard InChI is InChI=1S/C13H11BrN4/c1-18-13(4-5-16-18)12-7-10(15)9-6-8(14)2-3-11(9)17-12/h2-7H,1H3,(H2,15,17). The van der Waals surface area contributed by atoms with Gasteiger partial charge in [-0.25, -0.2) is 4.98 Å². The fourth-order valence-electron chi connectivity index (χ4n) is 1.98. The molecule has 0 fully saturated rings. The summed E-state index contributed by atoms with van der Waals surface area (Å²) in [6.45, 7) is 0. The number of fused-ring (bicyclic) bond motifs is 1. The molecule has 90 valence electrons. The van der Waals surface area contributed by atoms with Crippen molar-refractivity contribution >= 4 is 32.5 Å². The van der Waals surface area contributed by atoms with E-state index < -0.39 is 0 Å². The van der Waals surface area contributed by atoms with E-state index in [0.29, 0.717) is 0 Å². The van der Waals surface area contributed by atoms with Gasteiger partial charge in [0, 0.05) is 28.8 Å². The summed E-state index contributed by atoms with van der Waals surface area (Å²) in [5, 5.41) is 5.10. The second-order valence-corrected chi connectivity index (χ2v) is 5.01. The van der Waals surface area contributed by atoms with Crippen LogP contribution >= 0.6 is 15.9 Å². The molecule has 0 saturated carbocycles. The summed E-state index contributed by atoms with van der Waals surface area (Å²) < 4.78 is 2.78. The molecular formula is C13H11BrN4. The molecule has 4 nitrogen and oxygen atoms in total. The lowest BCUT2D eigenvalue weighted by molar-refractivity contribution is 0.774. The van der Waals surface area contributed by atoms with Crippen LogP contribution in [0.15, 0.2) is 41.0 Å². The van der Waals surface area contributed by atoms with Gasteiger partial charge in [0.1, 0.15) is 0 Å². The zero-order valence-electron chi connectivity index (χ0n) is 9.76. The van der Waals surface area contributed by atoms with Gasteiger partial charge in [0.15, 0.2) is 0 Å². The number of hydrogen-bond donors (Lipinski definition) is 1. The Morgan fingerprint density at radius 2 is 2.06 bits per heavy atom. The highest BCUT2D eigenvalue weighted by Gasteiger charge is 2.08. The molecule has 18 heavy (non-hydrogen) atoms. The molecule has 0 bridgehead atoms. The van der Waals surface area contributed by atoms with Crippen molar-refractivity contribution in [3.05, 3.63) is 41.0 Å². The molecule has 2 heterocycles. The van der Waals surface area contributed by atoms with Crippen LogP contribution in [0.3, 0.4) is 0 Å². The Morgan fingerprint density at radius 1 is 1.22 bits per heavy atom. The van der Waals surface area contributed by atoms with Gasteiger partial charge < -0.3 is 5.73 Å². The number of halogens is 1. The minimum atomic E-state index is 0.720. The number of pyridine rings is 1. The molecule has 0 unspecified atom stereocenters. The lowest BCUT2D eigenvalue weighted by Crippen LogP contribution is -1.97. The molecule has 0 aliphatic heterocycles. The van der Waals surface area contributed by atoms with Gasteiger partial charge >= 0.3 is 0 Å². The predicted octanol–water partition coefficient (Wildman–Crippen LogP) is 2.98. The van der Waals surface area contributed by atoms with E-state index in [-0.39, 0.29) is 0 Å². The summed E-state index contributed by atoms with van der Waals surface area (Å²) in [7, 11) is 1.89. The number of nitrogens with zero attached hydrogens (tertiary/aromatic N) is 3. The summed E-state index contributed by atoms with van der Waals surface area (Å²) in [6, 6.07) is 9.69. The molecule has 0 amide bonds. The zero-order chi connectivity index (χ0) is 12.7. The Bertz CT molecular complexity index is 733. The molecule has 0 atom stereocenters. The fourth-order valence-corrected chi connectivity index (χ4v) is 2.34. The Morgan fingerprint density at radius 3 is 2.78 bits per heavy atom. The van der Waals surface area contributed by atoms with E-state index in [1.165, 1.54) is 0 Å². The Balaban J connectivity index is 2.28. The van der Waals surface area contributed by atoms with Crippen LogP contribution < -0.4 is 5.73 Å². The molecule has 0 saturated heterocycles. The van der Waals surface area contributed by atoms with E-state index >= 15 is 0 Å². The van der Waals surface area contributed by atoms with Crippen molar-refractivity contribution < 1.29 is 0 Å². The number of anilines is 1. The highest BCUT2D eigenvalue weighted by atomic mass is 79.9. The molecule has 2 aromatic heterocycles. The molecule has 3 rings (SSSR count). The number of nitrogens with two attached hydrogens (primary N) is 1. The summed E-state index contributed by atoms with van der Waals surface area (Å²) in [5.41, 5.74) is 9.48. The monoisotopic (exact) mass is 302 g/mol. The number of hydrogen-bond acceptors (Lipinski definition) is 3. The molecule has 0 aliphatic carbocycles. The predicted molar refractivity (Wildman–Crippen MR) is 76.1 cm³/mol. The van der Waals surface area contributed by atoms with Crippen LogP contribution in [0.2, 0.25) is 0 Å². The van der Waals surface area contributed by atoms with Gasteiger partial charge in [-0.1, -0.05) is 15.9 Å². The lowest BCUT2D eigenvalue weighted by Gasteiger charge is -2.07. The van der Waals surface area contributed by atoms with Gasteiger partial charge in [0.05, 0.1) is 16.9 Å². The summed E-state index contributed by atoms with van der Waals surface area (Å²) in [6.07, 6.45) is 1.75. The second kappa shape index (κ2) is 4.10. The van der Waals surface area contributed by atoms with E-state index in [4.69, 9.17) is 5.73 Å². The van der Waals surface area contributed by atoms with Gasteiger partial charge in [-0.3, -0.25) is 4.68 Å². The number of rotatable bonds is 1. The van der Waals surface area contributed by atoms with Crippen LogP contribution in [-0.4, -0.2) is 14.8 Å². The van der Waals surface area contributed by atoms with E-state index in [1.807, 2.05) is 37.4 Å². The largest absolute Gasteiger partial charge is 0.398 e. The van der Waals surface area contributed by atoms with Crippen LogP contribution in [0, 0.1) is 0 Å². The average molecular weight is 303 g/mol. The van der Waals surface area contributed by atoms with Crippen molar-refractivity contribution in [2.45, 2.75) is 0 Å². The maximum atomic E-state index is 6.09. The summed E-state index contributed by atoms with van der Waals surface area (Å²) >= 11 is 3.44. The van der Waals surface area contributed by atoms with Gasteiger partial charge in [-0.15, -0.1) is 0 Å². The molecule has 3 aromatic rings. The first-order chi connectivity index (χ1) is 8.65. The maximum Gasteiger partial charge on any atom is 0.0911 e. The van der Waals surface area contributed by atoms with E-state index in [9.17, 15) is 0 Å². The second-order valence-electron chi connectivity index (χ2n) is 4.10. The highest BCUT2D eigenvalue weighted by Crippen LogP contribution is 2.28. The van der Waals surface area contributed by atoms with Crippen LogP contribution in [-0.2, 0) is 7.05 Å². The molecular weight excluding hydrogens is 292 g/mol. The Labute approximate surface area is 113 Å². The third-order valence-electron chi connectivity index (χ3n) is 2.89. The molecule has 2 N–H and O–H groups in total. The number of aryl methyl sites for hydroxylation is 1. The number of benzene rings is 1. The summed E-state index contributed by atoms with van der Waals surface area (Å²) in [4.78, 5) is 4.62. The van der Waals surface area contributed by atoms with Gasteiger partial charge in [0.25, 0.3) is 0 Å². The Hall–Kier alpha value is -1.88. The molecule has 0 aliphatic rings. The highest BCUT2D eigenvalue weighted by molar-refractivity contribution is 9.10. The molecule has 1 aromatic carbocycles.